The summed E-state index contributed by atoms with van der Waals surface area (Å²) in [6, 6.07) is 9.56. The van der Waals surface area contributed by atoms with E-state index < -0.39 is 0 Å². The number of hydrogen-bond acceptors (Lipinski definition) is 3. The third-order valence-electron chi connectivity index (χ3n) is 2.43. The second-order valence-corrected chi connectivity index (χ2v) is 5.54. The van der Waals surface area contributed by atoms with E-state index in [0.717, 1.165) is 5.56 Å². The third-order valence-corrected chi connectivity index (χ3v) is 2.43. The lowest BCUT2D eigenvalue weighted by Crippen LogP contribution is -2.41. The van der Waals surface area contributed by atoms with E-state index in [4.69, 9.17) is 5.26 Å². The molecule has 0 heterocycles. The topological polar surface area (TPSA) is 64.9 Å². The number of hydrogen-bond donors (Lipinski definition) is 2. The van der Waals surface area contributed by atoms with Crippen molar-refractivity contribution in [2.75, 3.05) is 6.54 Å². The number of nitrogens with zero attached hydrogens (tertiary/aromatic N) is 1. The third kappa shape index (κ3) is 6.58. The molecule has 0 bridgehead atoms. The van der Waals surface area contributed by atoms with Crippen molar-refractivity contribution >= 4 is 5.91 Å². The van der Waals surface area contributed by atoms with Gasteiger partial charge in [-0.3, -0.25) is 4.79 Å². The Morgan fingerprint density at radius 1 is 1.37 bits per heavy atom. The van der Waals surface area contributed by atoms with Crippen molar-refractivity contribution in [3.63, 3.8) is 0 Å². The summed E-state index contributed by atoms with van der Waals surface area (Å²) < 4.78 is 0. The Balaban J connectivity index is 2.28. The molecule has 2 N–H and O–H groups in total. The summed E-state index contributed by atoms with van der Waals surface area (Å²) in [4.78, 5) is 11.6. The molecule has 4 nitrogen and oxygen atoms in total. The lowest BCUT2D eigenvalue weighted by atomic mass is 10.1. The predicted octanol–water partition coefficient (Wildman–Crippen LogP) is 1.95. The van der Waals surface area contributed by atoms with Gasteiger partial charge in [0.1, 0.15) is 0 Å². The molecule has 0 aliphatic carbocycles. The minimum atomic E-state index is -0.182. The molecule has 1 rings (SSSR count). The number of rotatable bonds is 5. The molecule has 0 saturated heterocycles. The number of carbonyl (C=O) groups excluding carboxylic acids is 1. The van der Waals surface area contributed by atoms with Crippen molar-refractivity contribution in [1.29, 1.82) is 5.26 Å². The zero-order valence-electron chi connectivity index (χ0n) is 11.8. The van der Waals surface area contributed by atoms with E-state index in [1.165, 1.54) is 0 Å². The fourth-order valence-electron chi connectivity index (χ4n) is 1.67. The maximum absolute atomic E-state index is 11.6. The molecule has 0 aliphatic heterocycles. The smallest absolute Gasteiger partial charge is 0.221 e. The monoisotopic (exact) mass is 259 g/mol. The van der Waals surface area contributed by atoms with Gasteiger partial charge in [0.05, 0.1) is 11.6 Å². The van der Waals surface area contributed by atoms with Crippen LogP contribution in [0.1, 0.15) is 38.3 Å². The van der Waals surface area contributed by atoms with Crippen LogP contribution in [0.4, 0.5) is 0 Å². The molecule has 4 heteroatoms. The van der Waals surface area contributed by atoms with Crippen LogP contribution in [0.15, 0.2) is 24.3 Å². The second-order valence-electron chi connectivity index (χ2n) is 5.54. The lowest BCUT2D eigenvalue weighted by molar-refractivity contribution is -0.122. The first-order valence-corrected chi connectivity index (χ1v) is 6.41. The molecule has 1 aromatic rings. The summed E-state index contributed by atoms with van der Waals surface area (Å²) in [5.41, 5.74) is 1.53. The fraction of sp³-hybridized carbons (Fsp3) is 0.467. The van der Waals surface area contributed by atoms with Crippen molar-refractivity contribution in [1.82, 2.24) is 10.6 Å². The van der Waals surface area contributed by atoms with Gasteiger partial charge in [0.25, 0.3) is 0 Å². The molecule has 0 radical (unpaired) electrons. The van der Waals surface area contributed by atoms with Gasteiger partial charge in [0, 0.05) is 25.0 Å². The van der Waals surface area contributed by atoms with E-state index in [9.17, 15) is 4.79 Å². The van der Waals surface area contributed by atoms with Crippen LogP contribution in [-0.4, -0.2) is 18.0 Å². The van der Waals surface area contributed by atoms with E-state index in [1.807, 2.05) is 39.0 Å². The van der Waals surface area contributed by atoms with E-state index in [0.29, 0.717) is 25.1 Å². The molecule has 0 fully saturated rings. The maximum Gasteiger partial charge on any atom is 0.221 e. The van der Waals surface area contributed by atoms with Crippen LogP contribution in [0.3, 0.4) is 0 Å². The van der Waals surface area contributed by atoms with Crippen LogP contribution in [0.5, 0.6) is 0 Å². The van der Waals surface area contributed by atoms with Crippen molar-refractivity contribution in [3.8, 4) is 6.07 Å². The maximum atomic E-state index is 11.6. The first kappa shape index (κ1) is 15.2. The quantitative estimate of drug-likeness (QED) is 0.794. The van der Waals surface area contributed by atoms with E-state index >= 15 is 0 Å². The zero-order valence-corrected chi connectivity index (χ0v) is 11.8. The second kappa shape index (κ2) is 6.91. The van der Waals surface area contributed by atoms with Gasteiger partial charge in [-0.05, 0) is 38.5 Å². The number of amides is 1. The highest BCUT2D eigenvalue weighted by molar-refractivity contribution is 5.76. The summed E-state index contributed by atoms with van der Waals surface area (Å²) >= 11 is 0. The first-order valence-electron chi connectivity index (χ1n) is 6.41. The molecule has 1 amide bonds. The molecule has 0 aliphatic rings. The number of carbonyl (C=O) groups is 1. The molecule has 0 spiro atoms. The van der Waals surface area contributed by atoms with Crippen molar-refractivity contribution in [3.05, 3.63) is 35.4 Å². The first-order chi connectivity index (χ1) is 8.90. The van der Waals surface area contributed by atoms with Gasteiger partial charge >= 0.3 is 0 Å². The van der Waals surface area contributed by atoms with Gasteiger partial charge in [-0.1, -0.05) is 12.1 Å². The van der Waals surface area contributed by atoms with Gasteiger partial charge in [-0.25, -0.2) is 0 Å². The lowest BCUT2D eigenvalue weighted by Gasteiger charge is -2.20. The highest BCUT2D eigenvalue weighted by Crippen LogP contribution is 2.03. The molecule has 1 aromatic carbocycles. The van der Waals surface area contributed by atoms with Gasteiger partial charge in [0.15, 0.2) is 0 Å². The SMILES string of the molecule is CC(C)(C)NC(=O)CCNCc1cccc(C#N)c1. The predicted molar refractivity (Wildman–Crippen MR) is 75.4 cm³/mol. The van der Waals surface area contributed by atoms with Crippen molar-refractivity contribution in [2.45, 2.75) is 39.3 Å². The largest absolute Gasteiger partial charge is 0.351 e. The number of nitrogens with one attached hydrogen (secondary N) is 2. The number of benzene rings is 1. The Labute approximate surface area is 114 Å². The summed E-state index contributed by atoms with van der Waals surface area (Å²) in [6.07, 6.45) is 0.454. The van der Waals surface area contributed by atoms with E-state index in [2.05, 4.69) is 16.7 Å². The highest BCUT2D eigenvalue weighted by Gasteiger charge is 2.12. The number of nitriles is 1. The highest BCUT2D eigenvalue weighted by atomic mass is 16.1. The molecule has 0 atom stereocenters. The molecule has 0 saturated carbocycles. The normalized spacial score (nSPS) is 10.8. The van der Waals surface area contributed by atoms with E-state index in [-0.39, 0.29) is 11.4 Å². The minimum Gasteiger partial charge on any atom is -0.351 e. The Morgan fingerprint density at radius 2 is 2.11 bits per heavy atom. The molecule has 102 valence electrons. The van der Waals surface area contributed by atoms with Crippen LogP contribution in [0.2, 0.25) is 0 Å². The molecule has 0 unspecified atom stereocenters. The van der Waals surface area contributed by atoms with Crippen molar-refractivity contribution in [2.24, 2.45) is 0 Å². The standard InChI is InChI=1S/C15H21N3O/c1-15(2,3)18-14(19)7-8-17-11-13-6-4-5-12(9-13)10-16/h4-6,9,17H,7-8,11H2,1-3H3,(H,18,19). The molecular weight excluding hydrogens is 238 g/mol. The summed E-state index contributed by atoms with van der Waals surface area (Å²) in [5.74, 6) is 0.0470. The zero-order chi connectivity index (χ0) is 14.3. The molecule has 0 aromatic heterocycles. The average molecular weight is 259 g/mol. The van der Waals surface area contributed by atoms with E-state index in [1.54, 1.807) is 6.07 Å². The van der Waals surface area contributed by atoms with Gasteiger partial charge < -0.3 is 10.6 Å². The van der Waals surface area contributed by atoms with Gasteiger partial charge in [-0.2, -0.15) is 5.26 Å². The Hall–Kier alpha value is -1.86. The Kier molecular flexibility index (Phi) is 5.53. The van der Waals surface area contributed by atoms with Gasteiger partial charge in [0.2, 0.25) is 5.91 Å². The van der Waals surface area contributed by atoms with Gasteiger partial charge in [-0.15, -0.1) is 0 Å². The Bertz CT molecular complexity index is 469. The Morgan fingerprint density at radius 3 is 2.74 bits per heavy atom. The summed E-state index contributed by atoms with van der Waals surface area (Å²) in [6.45, 7) is 7.18. The molecular formula is C15H21N3O. The van der Waals surface area contributed by atoms with Crippen LogP contribution in [0.25, 0.3) is 0 Å². The summed E-state index contributed by atoms with van der Waals surface area (Å²) in [5, 5.41) is 14.9. The average Bonchev–Trinajstić information content (AvgIpc) is 2.33. The fourth-order valence-corrected chi connectivity index (χ4v) is 1.67. The van der Waals surface area contributed by atoms with Crippen LogP contribution < -0.4 is 10.6 Å². The van der Waals surface area contributed by atoms with Crippen molar-refractivity contribution < 1.29 is 4.79 Å². The minimum absolute atomic E-state index is 0.0470. The van der Waals surface area contributed by atoms with Crippen LogP contribution in [0, 0.1) is 11.3 Å². The van der Waals surface area contributed by atoms with Crippen LogP contribution >= 0.6 is 0 Å². The summed E-state index contributed by atoms with van der Waals surface area (Å²) in [7, 11) is 0. The van der Waals surface area contributed by atoms with Crippen LogP contribution in [-0.2, 0) is 11.3 Å². The molecule has 19 heavy (non-hydrogen) atoms.